The maximum absolute atomic E-state index is 13.8. The van der Waals surface area contributed by atoms with Crippen LogP contribution < -0.4 is 10.2 Å². The summed E-state index contributed by atoms with van der Waals surface area (Å²) >= 11 is 6.09. The maximum atomic E-state index is 13.8. The van der Waals surface area contributed by atoms with Gasteiger partial charge in [0.2, 0.25) is 5.43 Å². The molecule has 0 atom stereocenters. The first-order valence-corrected chi connectivity index (χ1v) is 6.55. The number of carboxylic acid groups (broad SMARTS) is 1. The Bertz CT molecular complexity index is 963. The van der Waals surface area contributed by atoms with Crippen LogP contribution in [0.1, 0.15) is 0 Å². The third-order valence-corrected chi connectivity index (χ3v) is 3.43. The molecule has 112 valence electrons. The number of carboxylic acids is 1. The van der Waals surface area contributed by atoms with Gasteiger partial charge in [0.1, 0.15) is 27.6 Å². The molecule has 0 spiro atoms. The summed E-state index contributed by atoms with van der Waals surface area (Å²) in [4.78, 5) is 22.9. The Morgan fingerprint density at radius 3 is 2.82 bits per heavy atom. The van der Waals surface area contributed by atoms with Gasteiger partial charge in [-0.25, -0.2) is 9.18 Å². The molecule has 7 heteroatoms. The number of carbonyl (C=O) groups is 1. The number of fused-ring (bicyclic) bond motifs is 2. The topological polar surface area (TPSA) is 76.7 Å². The van der Waals surface area contributed by atoms with Crippen molar-refractivity contribution in [2.24, 2.45) is 0 Å². The minimum Gasteiger partial charge on any atom is -0.480 e. The zero-order valence-corrected chi connectivity index (χ0v) is 11.7. The Hall–Kier alpha value is -2.60. The zero-order valence-electron chi connectivity index (χ0n) is 10.9. The van der Waals surface area contributed by atoms with Crippen molar-refractivity contribution in [3.63, 3.8) is 0 Å². The van der Waals surface area contributed by atoms with Crippen LogP contribution in [0.2, 0.25) is 5.02 Å². The van der Waals surface area contributed by atoms with Crippen LogP contribution in [0.25, 0.3) is 21.9 Å². The van der Waals surface area contributed by atoms with E-state index in [0.29, 0.717) is 0 Å². The van der Waals surface area contributed by atoms with Gasteiger partial charge in [-0.1, -0.05) is 17.7 Å². The molecule has 0 unspecified atom stereocenters. The first kappa shape index (κ1) is 14.3. The van der Waals surface area contributed by atoms with Crippen LogP contribution in [0.5, 0.6) is 5.75 Å². The normalized spacial score (nSPS) is 11.0. The van der Waals surface area contributed by atoms with Crippen molar-refractivity contribution in [1.29, 1.82) is 0 Å². The molecule has 1 heterocycles. The van der Waals surface area contributed by atoms with Crippen LogP contribution in [0.15, 0.2) is 39.5 Å². The van der Waals surface area contributed by atoms with E-state index in [-0.39, 0.29) is 32.7 Å². The van der Waals surface area contributed by atoms with E-state index in [9.17, 15) is 14.0 Å². The predicted octanol–water partition coefficient (Wildman–Crippen LogP) is 3.20. The van der Waals surface area contributed by atoms with Crippen molar-refractivity contribution < 1.29 is 23.4 Å². The fraction of sp³-hybridized carbons (Fsp3) is 0.0667. The lowest BCUT2D eigenvalue weighted by atomic mass is 10.1. The lowest BCUT2D eigenvalue weighted by Crippen LogP contribution is -2.10. The van der Waals surface area contributed by atoms with Gasteiger partial charge in [-0.3, -0.25) is 4.79 Å². The Morgan fingerprint density at radius 1 is 1.32 bits per heavy atom. The summed E-state index contributed by atoms with van der Waals surface area (Å²) in [7, 11) is 0. The van der Waals surface area contributed by atoms with Crippen molar-refractivity contribution in [2.75, 3.05) is 6.61 Å². The molecule has 1 aromatic heterocycles. The van der Waals surface area contributed by atoms with E-state index in [1.54, 1.807) is 0 Å². The Kier molecular flexibility index (Phi) is 3.46. The molecular weight excluding hydrogens is 315 g/mol. The van der Waals surface area contributed by atoms with Crippen LogP contribution in [0.3, 0.4) is 0 Å². The van der Waals surface area contributed by atoms with E-state index in [1.165, 1.54) is 24.3 Å². The summed E-state index contributed by atoms with van der Waals surface area (Å²) in [5.41, 5.74) is -0.483. The van der Waals surface area contributed by atoms with Crippen molar-refractivity contribution >= 4 is 39.5 Å². The highest BCUT2D eigenvalue weighted by atomic mass is 35.5. The van der Waals surface area contributed by atoms with E-state index in [2.05, 4.69) is 0 Å². The average Bonchev–Trinajstić information content (AvgIpc) is 2.47. The van der Waals surface area contributed by atoms with Crippen molar-refractivity contribution in [3.05, 3.63) is 51.4 Å². The number of aliphatic carboxylic acids is 1. The fourth-order valence-electron chi connectivity index (χ4n) is 2.12. The molecule has 3 aromatic rings. The summed E-state index contributed by atoms with van der Waals surface area (Å²) in [6.07, 6.45) is 0. The first-order valence-electron chi connectivity index (χ1n) is 6.17. The summed E-state index contributed by atoms with van der Waals surface area (Å²) < 4.78 is 24.3. The third-order valence-electron chi connectivity index (χ3n) is 3.07. The van der Waals surface area contributed by atoms with Gasteiger partial charge in [0.05, 0.1) is 5.39 Å². The van der Waals surface area contributed by atoms with Crippen LogP contribution >= 0.6 is 11.6 Å². The minimum atomic E-state index is -1.17. The quantitative estimate of drug-likeness (QED) is 0.749. The number of halogens is 2. The summed E-state index contributed by atoms with van der Waals surface area (Å²) in [6, 6.07) is 6.72. The highest BCUT2D eigenvalue weighted by Crippen LogP contribution is 2.33. The second-order valence-corrected chi connectivity index (χ2v) is 4.86. The molecule has 0 saturated heterocycles. The van der Waals surface area contributed by atoms with Gasteiger partial charge in [0.25, 0.3) is 0 Å². The van der Waals surface area contributed by atoms with E-state index in [1.807, 2.05) is 0 Å². The smallest absolute Gasteiger partial charge is 0.341 e. The third kappa shape index (κ3) is 2.27. The lowest BCUT2D eigenvalue weighted by Gasteiger charge is -2.08. The minimum absolute atomic E-state index is 0.0210. The molecule has 5 nitrogen and oxygen atoms in total. The predicted molar refractivity (Wildman–Crippen MR) is 78.1 cm³/mol. The maximum Gasteiger partial charge on any atom is 0.341 e. The van der Waals surface area contributed by atoms with Gasteiger partial charge in [0, 0.05) is 0 Å². The largest absolute Gasteiger partial charge is 0.480 e. The molecule has 0 fully saturated rings. The molecule has 0 amide bonds. The van der Waals surface area contributed by atoms with Gasteiger partial charge in [-0.05, 0) is 24.3 Å². The Morgan fingerprint density at radius 2 is 2.09 bits per heavy atom. The monoisotopic (exact) mass is 322 g/mol. The number of benzene rings is 2. The van der Waals surface area contributed by atoms with E-state index >= 15 is 0 Å². The van der Waals surface area contributed by atoms with Gasteiger partial charge in [-0.15, -0.1) is 0 Å². The summed E-state index contributed by atoms with van der Waals surface area (Å²) in [5.74, 6) is -1.79. The van der Waals surface area contributed by atoms with Gasteiger partial charge >= 0.3 is 5.97 Å². The van der Waals surface area contributed by atoms with Gasteiger partial charge < -0.3 is 14.3 Å². The first-order chi connectivity index (χ1) is 10.5. The SMILES string of the molecule is O=C(O)COc1ccc2c(=O)c3c(F)cccc3oc2c1Cl. The molecule has 0 radical (unpaired) electrons. The van der Waals surface area contributed by atoms with Crippen molar-refractivity contribution in [3.8, 4) is 5.75 Å². The molecule has 22 heavy (non-hydrogen) atoms. The number of hydrogen-bond acceptors (Lipinski definition) is 4. The summed E-state index contributed by atoms with van der Waals surface area (Å²) in [6.45, 7) is -0.586. The number of ether oxygens (including phenoxy) is 1. The molecule has 0 aliphatic carbocycles. The van der Waals surface area contributed by atoms with Gasteiger partial charge in [-0.2, -0.15) is 0 Å². The van der Waals surface area contributed by atoms with Crippen LogP contribution in [-0.4, -0.2) is 17.7 Å². The van der Waals surface area contributed by atoms with E-state index < -0.39 is 23.8 Å². The van der Waals surface area contributed by atoms with E-state index in [4.69, 9.17) is 25.9 Å². The zero-order chi connectivity index (χ0) is 15.9. The van der Waals surface area contributed by atoms with Crippen LogP contribution in [-0.2, 0) is 4.79 Å². The Balaban J connectivity index is 2.29. The summed E-state index contributed by atoms with van der Waals surface area (Å²) in [5, 5.41) is 8.50. The highest BCUT2D eigenvalue weighted by molar-refractivity contribution is 6.36. The molecule has 1 N–H and O–H groups in total. The van der Waals surface area contributed by atoms with E-state index in [0.717, 1.165) is 6.07 Å². The standard InChI is InChI=1S/C15H8ClFO5/c16-13-10(21-6-11(18)19)5-4-7-14(20)12-8(17)2-1-3-9(12)22-15(7)13/h1-5H,6H2,(H,18,19). The molecule has 0 bridgehead atoms. The molecular formula is C15H8ClFO5. The van der Waals surface area contributed by atoms with Crippen molar-refractivity contribution in [2.45, 2.75) is 0 Å². The van der Waals surface area contributed by atoms with Gasteiger partial charge in [0.15, 0.2) is 12.2 Å². The molecule has 0 saturated carbocycles. The lowest BCUT2D eigenvalue weighted by molar-refractivity contribution is -0.139. The molecule has 2 aromatic carbocycles. The second kappa shape index (κ2) is 5.31. The van der Waals surface area contributed by atoms with Crippen LogP contribution in [0.4, 0.5) is 4.39 Å². The second-order valence-electron chi connectivity index (χ2n) is 4.48. The molecule has 3 rings (SSSR count). The number of rotatable bonds is 3. The molecule has 0 aliphatic heterocycles. The molecule has 0 aliphatic rings. The highest BCUT2D eigenvalue weighted by Gasteiger charge is 2.16. The Labute approximate surface area is 127 Å². The van der Waals surface area contributed by atoms with Crippen LogP contribution in [0, 0.1) is 5.82 Å². The van der Waals surface area contributed by atoms with Crippen molar-refractivity contribution in [1.82, 2.24) is 0 Å². The fourth-order valence-corrected chi connectivity index (χ4v) is 2.38. The average molecular weight is 323 g/mol. The number of hydrogen-bond donors (Lipinski definition) is 1.